The molecule has 1 aromatic carbocycles. The van der Waals surface area contributed by atoms with E-state index in [0.29, 0.717) is 13.1 Å². The van der Waals surface area contributed by atoms with Crippen molar-refractivity contribution in [3.63, 3.8) is 0 Å². The molecule has 0 saturated heterocycles. The van der Waals surface area contributed by atoms with Crippen LogP contribution in [0.25, 0.3) is 0 Å². The van der Waals surface area contributed by atoms with E-state index in [2.05, 4.69) is 0 Å². The molecule has 0 atom stereocenters. The van der Waals surface area contributed by atoms with Crippen LogP contribution in [0.5, 0.6) is 5.75 Å². The van der Waals surface area contributed by atoms with Gasteiger partial charge >= 0.3 is 6.09 Å². The molecule has 2 rings (SSSR count). The number of carbonyl (C=O) groups is 1. The van der Waals surface area contributed by atoms with E-state index < -0.39 is 5.60 Å². The molecule has 1 heterocycles. The van der Waals surface area contributed by atoms with Gasteiger partial charge < -0.3 is 14.7 Å². The van der Waals surface area contributed by atoms with Crippen molar-refractivity contribution in [3.05, 3.63) is 23.8 Å². The van der Waals surface area contributed by atoms with Gasteiger partial charge in [-0.25, -0.2) is 4.79 Å². The zero-order chi connectivity index (χ0) is 14.0. The minimum Gasteiger partial charge on any atom is -0.508 e. The van der Waals surface area contributed by atoms with Gasteiger partial charge in [0.2, 0.25) is 0 Å². The summed E-state index contributed by atoms with van der Waals surface area (Å²) in [4.78, 5) is 14.9. The highest BCUT2D eigenvalue weighted by atomic mass is 32.2. The van der Waals surface area contributed by atoms with Crippen molar-refractivity contribution < 1.29 is 14.6 Å². The van der Waals surface area contributed by atoms with Crippen LogP contribution >= 0.6 is 11.8 Å². The number of carbonyl (C=O) groups excluding carboxylic acids is 1. The summed E-state index contributed by atoms with van der Waals surface area (Å²) >= 11 is 1.70. The van der Waals surface area contributed by atoms with Gasteiger partial charge in [0.15, 0.2) is 0 Å². The zero-order valence-corrected chi connectivity index (χ0v) is 12.3. The smallest absolute Gasteiger partial charge is 0.410 e. The first kappa shape index (κ1) is 14.1. The fourth-order valence-corrected chi connectivity index (χ4v) is 2.87. The van der Waals surface area contributed by atoms with Crippen molar-refractivity contribution in [2.75, 3.05) is 12.3 Å². The van der Waals surface area contributed by atoms with Crippen LogP contribution in [0.3, 0.4) is 0 Å². The van der Waals surface area contributed by atoms with E-state index in [4.69, 9.17) is 4.74 Å². The molecule has 0 radical (unpaired) electrons. The Morgan fingerprint density at radius 2 is 2.16 bits per heavy atom. The lowest BCUT2D eigenvalue weighted by molar-refractivity contribution is 0.0247. The molecule has 0 fully saturated rings. The van der Waals surface area contributed by atoms with Gasteiger partial charge in [0.25, 0.3) is 0 Å². The van der Waals surface area contributed by atoms with Crippen LogP contribution in [0.1, 0.15) is 26.3 Å². The van der Waals surface area contributed by atoms with Crippen molar-refractivity contribution in [1.29, 1.82) is 0 Å². The predicted molar refractivity (Wildman–Crippen MR) is 75.5 cm³/mol. The van der Waals surface area contributed by atoms with Crippen LogP contribution in [-0.4, -0.2) is 34.0 Å². The van der Waals surface area contributed by atoms with Crippen molar-refractivity contribution >= 4 is 17.9 Å². The standard InChI is InChI=1S/C14H19NO3S/c1-14(2,3)18-13(17)15-6-7-19-12-5-4-11(16)8-10(12)9-15/h4-5,8,16H,6-7,9H2,1-3H3. The van der Waals surface area contributed by atoms with Gasteiger partial charge in [0.05, 0.1) is 6.54 Å². The molecular formula is C14H19NO3S. The number of hydrogen-bond donors (Lipinski definition) is 1. The molecule has 0 aromatic heterocycles. The zero-order valence-electron chi connectivity index (χ0n) is 11.5. The van der Waals surface area contributed by atoms with Gasteiger partial charge in [-0.2, -0.15) is 0 Å². The highest BCUT2D eigenvalue weighted by molar-refractivity contribution is 7.99. The highest BCUT2D eigenvalue weighted by Gasteiger charge is 2.24. The van der Waals surface area contributed by atoms with Crippen molar-refractivity contribution in [1.82, 2.24) is 4.90 Å². The highest BCUT2D eigenvalue weighted by Crippen LogP contribution is 2.30. The molecule has 0 bridgehead atoms. The van der Waals surface area contributed by atoms with Crippen LogP contribution in [0, 0.1) is 0 Å². The molecule has 0 aliphatic carbocycles. The molecule has 0 spiro atoms. The minimum absolute atomic E-state index is 0.227. The average Bonchev–Trinajstić information content (AvgIpc) is 2.48. The second-order valence-corrected chi connectivity index (χ2v) is 6.68. The summed E-state index contributed by atoms with van der Waals surface area (Å²) < 4.78 is 5.39. The molecule has 5 heteroatoms. The van der Waals surface area contributed by atoms with Gasteiger partial charge in [-0.15, -0.1) is 11.8 Å². The van der Waals surface area contributed by atoms with E-state index >= 15 is 0 Å². The summed E-state index contributed by atoms with van der Waals surface area (Å²) in [5.41, 5.74) is 0.478. The summed E-state index contributed by atoms with van der Waals surface area (Å²) in [6, 6.07) is 5.29. The van der Waals surface area contributed by atoms with Crippen LogP contribution in [-0.2, 0) is 11.3 Å². The number of phenolic OH excluding ortho intramolecular Hbond substituents is 1. The number of amides is 1. The van der Waals surface area contributed by atoms with Crippen LogP contribution < -0.4 is 0 Å². The quantitative estimate of drug-likeness (QED) is 0.793. The van der Waals surface area contributed by atoms with E-state index in [0.717, 1.165) is 16.2 Å². The average molecular weight is 281 g/mol. The normalized spacial score (nSPS) is 15.6. The Balaban J connectivity index is 2.15. The fraction of sp³-hybridized carbons (Fsp3) is 0.500. The van der Waals surface area contributed by atoms with Gasteiger partial charge in [-0.3, -0.25) is 0 Å². The number of hydrogen-bond acceptors (Lipinski definition) is 4. The molecule has 1 aliphatic rings. The summed E-state index contributed by atoms with van der Waals surface area (Å²) in [6.07, 6.45) is -0.302. The second-order valence-electron chi connectivity index (χ2n) is 5.54. The Morgan fingerprint density at radius 3 is 2.84 bits per heavy atom. The monoisotopic (exact) mass is 281 g/mol. The molecule has 19 heavy (non-hydrogen) atoms. The predicted octanol–water partition coefficient (Wildman–Crippen LogP) is 3.24. The molecule has 1 amide bonds. The van der Waals surface area contributed by atoms with E-state index in [9.17, 15) is 9.90 Å². The number of benzene rings is 1. The van der Waals surface area contributed by atoms with Gasteiger partial charge in [-0.05, 0) is 44.5 Å². The number of ether oxygens (including phenoxy) is 1. The maximum absolute atomic E-state index is 12.1. The maximum Gasteiger partial charge on any atom is 0.410 e. The lowest BCUT2D eigenvalue weighted by Gasteiger charge is -2.26. The summed E-state index contributed by atoms with van der Waals surface area (Å²) in [7, 11) is 0. The lowest BCUT2D eigenvalue weighted by Crippen LogP contribution is -2.37. The SMILES string of the molecule is CC(C)(C)OC(=O)N1CCSc2ccc(O)cc2C1. The number of aromatic hydroxyl groups is 1. The number of nitrogens with zero attached hydrogens (tertiary/aromatic N) is 1. The maximum atomic E-state index is 12.1. The van der Waals surface area contributed by atoms with E-state index in [1.807, 2.05) is 26.8 Å². The van der Waals surface area contributed by atoms with Gasteiger partial charge in [0.1, 0.15) is 11.4 Å². The molecule has 1 aromatic rings. The Kier molecular flexibility index (Phi) is 3.94. The van der Waals surface area contributed by atoms with Crippen LogP contribution in [0.2, 0.25) is 0 Å². The number of phenols is 1. The van der Waals surface area contributed by atoms with Crippen molar-refractivity contribution in [3.8, 4) is 5.75 Å². The minimum atomic E-state index is -0.488. The Bertz CT molecular complexity index is 482. The van der Waals surface area contributed by atoms with Crippen molar-refractivity contribution in [2.24, 2.45) is 0 Å². The summed E-state index contributed by atoms with van der Waals surface area (Å²) in [5, 5.41) is 9.55. The third-order valence-electron chi connectivity index (χ3n) is 2.68. The fourth-order valence-electron chi connectivity index (χ4n) is 1.86. The molecule has 104 valence electrons. The molecular weight excluding hydrogens is 262 g/mol. The van der Waals surface area contributed by atoms with Crippen molar-refractivity contribution in [2.45, 2.75) is 37.8 Å². The summed E-state index contributed by atoms with van der Waals surface area (Å²) in [5.74, 6) is 1.06. The third kappa shape index (κ3) is 3.80. The number of rotatable bonds is 0. The van der Waals surface area contributed by atoms with E-state index in [1.165, 1.54) is 0 Å². The van der Waals surface area contributed by atoms with E-state index in [1.54, 1.807) is 28.8 Å². The van der Waals surface area contributed by atoms with E-state index in [-0.39, 0.29) is 11.8 Å². The largest absolute Gasteiger partial charge is 0.508 e. The summed E-state index contributed by atoms with van der Waals surface area (Å²) in [6.45, 7) is 6.70. The van der Waals surface area contributed by atoms with Crippen LogP contribution in [0.4, 0.5) is 4.79 Å². The first-order chi connectivity index (χ1) is 8.85. The van der Waals surface area contributed by atoms with Gasteiger partial charge in [-0.1, -0.05) is 0 Å². The molecule has 0 unspecified atom stereocenters. The Hall–Kier alpha value is -1.36. The number of thioether (sulfide) groups is 1. The third-order valence-corrected chi connectivity index (χ3v) is 3.77. The molecule has 1 N–H and O–H groups in total. The molecule has 0 saturated carbocycles. The molecule has 4 nitrogen and oxygen atoms in total. The number of fused-ring (bicyclic) bond motifs is 1. The second kappa shape index (κ2) is 5.33. The first-order valence-electron chi connectivity index (χ1n) is 6.28. The Labute approximate surface area is 117 Å². The topological polar surface area (TPSA) is 49.8 Å². The Morgan fingerprint density at radius 1 is 1.42 bits per heavy atom. The van der Waals surface area contributed by atoms with Gasteiger partial charge in [0, 0.05) is 17.2 Å². The lowest BCUT2D eigenvalue weighted by atomic mass is 10.2. The first-order valence-corrected chi connectivity index (χ1v) is 7.26. The molecule has 1 aliphatic heterocycles. The van der Waals surface area contributed by atoms with Crippen LogP contribution in [0.15, 0.2) is 23.1 Å².